The number of aryl methyl sites for hydroxylation is 1. The van der Waals surface area contributed by atoms with Crippen LogP contribution in [-0.4, -0.2) is 6.54 Å². The monoisotopic (exact) mass is 229 g/mol. The van der Waals surface area contributed by atoms with Crippen LogP contribution in [0.25, 0.3) is 0 Å². The summed E-state index contributed by atoms with van der Waals surface area (Å²) in [5, 5.41) is 3.83. The van der Waals surface area contributed by atoms with Gasteiger partial charge in [0.2, 0.25) is 0 Å². The molecule has 0 radical (unpaired) electrons. The fourth-order valence-electron chi connectivity index (χ4n) is 3.33. The maximum atomic E-state index is 3.83. The Morgan fingerprint density at radius 1 is 1.29 bits per heavy atom. The SMILES string of the molecule is CCCC1(CNC2CCc3ccccc32)CC1. The highest BCUT2D eigenvalue weighted by molar-refractivity contribution is 5.34. The van der Waals surface area contributed by atoms with Crippen LogP contribution in [0, 0.1) is 5.41 Å². The zero-order valence-corrected chi connectivity index (χ0v) is 10.8. The van der Waals surface area contributed by atoms with Crippen molar-refractivity contribution < 1.29 is 0 Å². The van der Waals surface area contributed by atoms with Crippen molar-refractivity contribution in [2.45, 2.75) is 51.5 Å². The third kappa shape index (κ3) is 2.26. The number of benzene rings is 1. The van der Waals surface area contributed by atoms with Crippen molar-refractivity contribution in [1.82, 2.24) is 5.32 Å². The summed E-state index contributed by atoms with van der Waals surface area (Å²) in [7, 11) is 0. The minimum Gasteiger partial charge on any atom is -0.309 e. The van der Waals surface area contributed by atoms with Crippen LogP contribution >= 0.6 is 0 Å². The van der Waals surface area contributed by atoms with Crippen molar-refractivity contribution in [3.8, 4) is 0 Å². The number of hydrogen-bond donors (Lipinski definition) is 1. The lowest BCUT2D eigenvalue weighted by Gasteiger charge is -2.20. The van der Waals surface area contributed by atoms with Gasteiger partial charge in [0.1, 0.15) is 0 Å². The Labute approximate surface area is 105 Å². The molecule has 17 heavy (non-hydrogen) atoms. The molecule has 0 aromatic heterocycles. The molecule has 0 saturated heterocycles. The van der Waals surface area contributed by atoms with E-state index in [0.29, 0.717) is 11.5 Å². The van der Waals surface area contributed by atoms with E-state index in [2.05, 4.69) is 36.5 Å². The Morgan fingerprint density at radius 3 is 2.88 bits per heavy atom. The second-order valence-corrected chi connectivity index (χ2v) is 5.92. The second-order valence-electron chi connectivity index (χ2n) is 5.92. The van der Waals surface area contributed by atoms with Crippen molar-refractivity contribution in [1.29, 1.82) is 0 Å². The van der Waals surface area contributed by atoms with Crippen LogP contribution in [0.1, 0.15) is 56.2 Å². The van der Waals surface area contributed by atoms with Gasteiger partial charge in [0.25, 0.3) is 0 Å². The number of hydrogen-bond acceptors (Lipinski definition) is 1. The predicted molar refractivity (Wildman–Crippen MR) is 72.1 cm³/mol. The van der Waals surface area contributed by atoms with Crippen molar-refractivity contribution in [2.24, 2.45) is 5.41 Å². The van der Waals surface area contributed by atoms with Gasteiger partial charge >= 0.3 is 0 Å². The average Bonchev–Trinajstić information content (AvgIpc) is 3.00. The lowest BCUT2D eigenvalue weighted by Crippen LogP contribution is -2.27. The van der Waals surface area contributed by atoms with Gasteiger partial charge in [-0.3, -0.25) is 0 Å². The molecule has 0 spiro atoms. The summed E-state index contributed by atoms with van der Waals surface area (Å²) in [4.78, 5) is 0. The van der Waals surface area contributed by atoms with E-state index in [1.807, 2.05) is 0 Å². The van der Waals surface area contributed by atoms with Gasteiger partial charge in [-0.05, 0) is 48.6 Å². The lowest BCUT2D eigenvalue weighted by atomic mass is 9.99. The van der Waals surface area contributed by atoms with E-state index in [-0.39, 0.29) is 0 Å². The summed E-state index contributed by atoms with van der Waals surface area (Å²) in [5.74, 6) is 0. The maximum absolute atomic E-state index is 3.83. The second kappa shape index (κ2) is 4.45. The van der Waals surface area contributed by atoms with Gasteiger partial charge in [0.15, 0.2) is 0 Å². The smallest absolute Gasteiger partial charge is 0.0326 e. The summed E-state index contributed by atoms with van der Waals surface area (Å²) in [6.07, 6.45) is 8.19. The highest BCUT2D eigenvalue weighted by Gasteiger charge is 2.41. The number of fused-ring (bicyclic) bond motifs is 1. The molecule has 1 heteroatoms. The van der Waals surface area contributed by atoms with E-state index in [0.717, 1.165) is 0 Å². The summed E-state index contributed by atoms with van der Waals surface area (Å²) in [5.41, 5.74) is 3.79. The fourth-order valence-corrected chi connectivity index (χ4v) is 3.33. The standard InChI is InChI=1S/C16H23N/c1-2-9-16(10-11-16)12-17-15-8-7-13-5-3-4-6-14(13)15/h3-6,15,17H,2,7-12H2,1H3. The van der Waals surface area contributed by atoms with E-state index in [9.17, 15) is 0 Å². The number of rotatable bonds is 5. The Balaban J connectivity index is 1.61. The fraction of sp³-hybridized carbons (Fsp3) is 0.625. The van der Waals surface area contributed by atoms with Crippen LogP contribution in [-0.2, 0) is 6.42 Å². The Bertz CT molecular complexity index is 392. The molecule has 0 amide bonds. The Morgan fingerprint density at radius 2 is 2.12 bits per heavy atom. The molecule has 1 aromatic rings. The molecule has 2 aliphatic carbocycles. The summed E-state index contributed by atoms with van der Waals surface area (Å²) < 4.78 is 0. The number of nitrogens with one attached hydrogen (secondary N) is 1. The zero-order chi connectivity index (χ0) is 11.7. The minimum atomic E-state index is 0.625. The van der Waals surface area contributed by atoms with Gasteiger partial charge in [-0.2, -0.15) is 0 Å². The van der Waals surface area contributed by atoms with Crippen LogP contribution < -0.4 is 5.32 Å². The van der Waals surface area contributed by atoms with E-state index in [4.69, 9.17) is 0 Å². The Hall–Kier alpha value is -0.820. The molecule has 1 nitrogen and oxygen atoms in total. The molecule has 1 saturated carbocycles. The molecule has 1 fully saturated rings. The van der Waals surface area contributed by atoms with Crippen molar-refractivity contribution in [2.75, 3.05) is 6.54 Å². The maximum Gasteiger partial charge on any atom is 0.0326 e. The van der Waals surface area contributed by atoms with Gasteiger partial charge < -0.3 is 5.32 Å². The quantitative estimate of drug-likeness (QED) is 0.809. The first-order valence-corrected chi connectivity index (χ1v) is 7.14. The molecule has 2 aliphatic rings. The van der Waals surface area contributed by atoms with Crippen LogP contribution in [0.5, 0.6) is 0 Å². The van der Waals surface area contributed by atoms with Crippen LogP contribution in [0.4, 0.5) is 0 Å². The molecule has 92 valence electrons. The first-order valence-electron chi connectivity index (χ1n) is 7.14. The first kappa shape index (κ1) is 11.3. The summed E-state index contributed by atoms with van der Waals surface area (Å²) >= 11 is 0. The molecular weight excluding hydrogens is 206 g/mol. The third-order valence-electron chi connectivity index (χ3n) is 4.59. The molecular formula is C16H23N. The largest absolute Gasteiger partial charge is 0.309 e. The molecule has 3 rings (SSSR count). The van der Waals surface area contributed by atoms with Crippen molar-refractivity contribution in [3.63, 3.8) is 0 Å². The van der Waals surface area contributed by atoms with E-state index in [1.54, 1.807) is 11.1 Å². The van der Waals surface area contributed by atoms with Gasteiger partial charge in [0, 0.05) is 12.6 Å². The predicted octanol–water partition coefficient (Wildman–Crippen LogP) is 3.84. The zero-order valence-electron chi connectivity index (χ0n) is 10.8. The molecule has 1 aromatic carbocycles. The van der Waals surface area contributed by atoms with Gasteiger partial charge in [-0.1, -0.05) is 37.6 Å². The highest BCUT2D eigenvalue weighted by Crippen LogP contribution is 2.49. The Kier molecular flexibility index (Phi) is 2.96. The van der Waals surface area contributed by atoms with Crippen LogP contribution in [0.2, 0.25) is 0 Å². The van der Waals surface area contributed by atoms with Gasteiger partial charge in [-0.15, -0.1) is 0 Å². The van der Waals surface area contributed by atoms with Crippen LogP contribution in [0.15, 0.2) is 24.3 Å². The summed E-state index contributed by atoms with van der Waals surface area (Å²) in [6.45, 7) is 3.55. The van der Waals surface area contributed by atoms with Crippen LogP contribution in [0.3, 0.4) is 0 Å². The summed E-state index contributed by atoms with van der Waals surface area (Å²) in [6, 6.07) is 9.56. The minimum absolute atomic E-state index is 0.625. The highest BCUT2D eigenvalue weighted by atomic mass is 14.9. The molecule has 0 bridgehead atoms. The topological polar surface area (TPSA) is 12.0 Å². The van der Waals surface area contributed by atoms with Crippen molar-refractivity contribution >= 4 is 0 Å². The average molecular weight is 229 g/mol. The van der Waals surface area contributed by atoms with E-state index < -0.39 is 0 Å². The normalized spacial score (nSPS) is 24.6. The molecule has 0 heterocycles. The molecule has 1 unspecified atom stereocenters. The molecule has 1 atom stereocenters. The van der Waals surface area contributed by atoms with Crippen molar-refractivity contribution in [3.05, 3.63) is 35.4 Å². The van der Waals surface area contributed by atoms with E-state index >= 15 is 0 Å². The van der Waals surface area contributed by atoms with Gasteiger partial charge in [-0.25, -0.2) is 0 Å². The lowest BCUT2D eigenvalue weighted by molar-refractivity contribution is 0.387. The molecule has 0 aliphatic heterocycles. The first-order chi connectivity index (χ1) is 8.33. The van der Waals surface area contributed by atoms with E-state index in [1.165, 1.54) is 45.1 Å². The third-order valence-corrected chi connectivity index (χ3v) is 4.59. The molecule has 1 N–H and O–H groups in total. The van der Waals surface area contributed by atoms with Gasteiger partial charge in [0.05, 0.1) is 0 Å².